The third-order valence-electron chi connectivity index (χ3n) is 3.90. The lowest BCUT2D eigenvalue weighted by atomic mass is 10.1. The van der Waals surface area contributed by atoms with Crippen molar-refractivity contribution >= 4 is 23.1 Å². The molecule has 0 aliphatic carbocycles. The topological polar surface area (TPSA) is 59.6 Å². The monoisotopic (exact) mass is 346 g/mol. The van der Waals surface area contributed by atoms with Crippen molar-refractivity contribution in [2.24, 2.45) is 0 Å². The van der Waals surface area contributed by atoms with Gasteiger partial charge >= 0.3 is 6.03 Å². The summed E-state index contributed by atoms with van der Waals surface area (Å²) in [4.78, 5) is 13.1. The Labute approximate surface area is 146 Å². The van der Waals surface area contributed by atoms with E-state index in [1.807, 2.05) is 42.6 Å². The number of hydrogen-bond acceptors (Lipinski definition) is 4. The van der Waals surface area contributed by atoms with Gasteiger partial charge < -0.3 is 20.1 Å². The van der Waals surface area contributed by atoms with E-state index in [1.165, 1.54) is 0 Å². The number of hydrogen-bond donors (Lipinski definition) is 2. The largest absolute Gasteiger partial charge is 0.490 e. The van der Waals surface area contributed by atoms with Crippen molar-refractivity contribution in [2.75, 3.05) is 18.5 Å². The summed E-state index contributed by atoms with van der Waals surface area (Å²) in [7, 11) is 0. The number of amides is 2. The highest BCUT2D eigenvalue weighted by Gasteiger charge is 2.16. The molecule has 0 spiro atoms. The number of urea groups is 1. The van der Waals surface area contributed by atoms with E-state index in [0.29, 0.717) is 6.54 Å². The molecule has 3 rings (SSSR count). The van der Waals surface area contributed by atoms with Crippen molar-refractivity contribution in [1.29, 1.82) is 0 Å². The zero-order valence-corrected chi connectivity index (χ0v) is 14.5. The Morgan fingerprint density at radius 1 is 1.33 bits per heavy atom. The zero-order valence-electron chi connectivity index (χ0n) is 13.7. The number of benzene rings is 1. The number of ether oxygens (including phenoxy) is 2. The predicted molar refractivity (Wildman–Crippen MR) is 95.8 cm³/mol. The standard InChI is InChI=1S/C18H22N2O3S/c1-13-11-14(20-18(21)19-12-16-3-2-10-24-16)4-5-17(13)23-15-6-8-22-9-7-15/h2-5,10-11,15H,6-9,12H2,1H3,(H2,19,20,21). The summed E-state index contributed by atoms with van der Waals surface area (Å²) in [5, 5.41) is 7.70. The molecule has 2 aromatic rings. The van der Waals surface area contributed by atoms with Crippen LogP contribution in [0, 0.1) is 6.92 Å². The van der Waals surface area contributed by atoms with Crippen molar-refractivity contribution in [3.63, 3.8) is 0 Å². The van der Waals surface area contributed by atoms with Crippen molar-refractivity contribution in [3.8, 4) is 5.75 Å². The molecule has 0 atom stereocenters. The lowest BCUT2D eigenvalue weighted by Gasteiger charge is -2.24. The third-order valence-corrected chi connectivity index (χ3v) is 4.77. The van der Waals surface area contributed by atoms with E-state index in [1.54, 1.807) is 11.3 Å². The van der Waals surface area contributed by atoms with Gasteiger partial charge in [-0.15, -0.1) is 11.3 Å². The molecule has 24 heavy (non-hydrogen) atoms. The lowest BCUT2D eigenvalue weighted by molar-refractivity contribution is 0.0253. The summed E-state index contributed by atoms with van der Waals surface area (Å²) in [6.45, 7) is 4.04. The second kappa shape index (κ2) is 8.17. The molecule has 1 aromatic heterocycles. The Kier molecular flexibility index (Phi) is 5.72. The van der Waals surface area contributed by atoms with Crippen molar-refractivity contribution in [1.82, 2.24) is 5.32 Å². The average molecular weight is 346 g/mol. The SMILES string of the molecule is Cc1cc(NC(=O)NCc2cccs2)ccc1OC1CCOCC1. The van der Waals surface area contributed by atoms with Gasteiger partial charge in [0.15, 0.2) is 0 Å². The highest BCUT2D eigenvalue weighted by molar-refractivity contribution is 7.09. The van der Waals surface area contributed by atoms with E-state index in [-0.39, 0.29) is 12.1 Å². The van der Waals surface area contributed by atoms with Crippen LogP contribution in [0.4, 0.5) is 10.5 Å². The molecule has 1 saturated heterocycles. The first-order valence-corrected chi connectivity index (χ1v) is 9.01. The fourth-order valence-electron chi connectivity index (χ4n) is 2.59. The Morgan fingerprint density at radius 3 is 2.88 bits per heavy atom. The van der Waals surface area contributed by atoms with Crippen molar-refractivity contribution in [2.45, 2.75) is 32.4 Å². The first kappa shape index (κ1) is 16.8. The molecular formula is C18H22N2O3S. The Balaban J connectivity index is 1.52. The van der Waals surface area contributed by atoms with Crippen LogP contribution in [0.5, 0.6) is 5.75 Å². The molecule has 2 amide bonds. The number of thiophene rings is 1. The summed E-state index contributed by atoms with van der Waals surface area (Å²) < 4.78 is 11.4. The van der Waals surface area contributed by atoms with Gasteiger partial charge in [0.1, 0.15) is 11.9 Å². The van der Waals surface area contributed by atoms with Gasteiger partial charge in [-0.25, -0.2) is 4.79 Å². The summed E-state index contributed by atoms with van der Waals surface area (Å²) >= 11 is 1.62. The molecule has 0 unspecified atom stereocenters. The van der Waals surface area contributed by atoms with Crippen molar-refractivity contribution < 1.29 is 14.3 Å². The fraction of sp³-hybridized carbons (Fsp3) is 0.389. The third kappa shape index (κ3) is 4.72. The number of carbonyl (C=O) groups is 1. The van der Waals surface area contributed by atoms with Gasteiger partial charge in [-0.05, 0) is 42.1 Å². The summed E-state index contributed by atoms with van der Waals surface area (Å²) in [6.07, 6.45) is 2.06. The smallest absolute Gasteiger partial charge is 0.319 e. The number of carbonyl (C=O) groups excluding carboxylic acids is 1. The molecule has 1 fully saturated rings. The molecule has 2 heterocycles. The molecule has 0 radical (unpaired) electrons. The van der Waals surface area contributed by atoms with Gasteiger partial charge in [-0.3, -0.25) is 0 Å². The van der Waals surface area contributed by atoms with Crippen LogP contribution < -0.4 is 15.4 Å². The van der Waals surface area contributed by atoms with Crippen LogP contribution >= 0.6 is 11.3 Å². The molecule has 0 saturated carbocycles. The summed E-state index contributed by atoms with van der Waals surface area (Å²) in [5.41, 5.74) is 1.77. The fourth-order valence-corrected chi connectivity index (χ4v) is 3.23. The highest BCUT2D eigenvalue weighted by Crippen LogP contribution is 2.25. The molecule has 128 valence electrons. The van der Waals surface area contributed by atoms with Crippen LogP contribution in [-0.2, 0) is 11.3 Å². The number of rotatable bonds is 5. The molecule has 1 aliphatic rings. The molecule has 6 heteroatoms. The van der Waals surface area contributed by atoms with Crippen LogP contribution in [0.15, 0.2) is 35.7 Å². The van der Waals surface area contributed by atoms with Crippen LogP contribution in [0.2, 0.25) is 0 Å². The Hall–Kier alpha value is -2.05. The van der Waals surface area contributed by atoms with Gasteiger partial charge in [-0.1, -0.05) is 6.07 Å². The normalized spacial score (nSPS) is 15.0. The summed E-state index contributed by atoms with van der Waals surface area (Å²) in [6, 6.07) is 9.48. The van der Waals surface area contributed by atoms with E-state index in [2.05, 4.69) is 10.6 Å². The van der Waals surface area contributed by atoms with Gasteiger partial charge in [-0.2, -0.15) is 0 Å². The Bertz CT molecular complexity index is 667. The maximum absolute atomic E-state index is 12.0. The van der Waals surface area contributed by atoms with E-state index in [0.717, 1.165) is 47.9 Å². The minimum atomic E-state index is -0.208. The van der Waals surface area contributed by atoms with E-state index in [4.69, 9.17) is 9.47 Å². The van der Waals surface area contributed by atoms with E-state index in [9.17, 15) is 4.79 Å². The zero-order chi connectivity index (χ0) is 16.8. The first-order valence-electron chi connectivity index (χ1n) is 8.13. The molecule has 5 nitrogen and oxygen atoms in total. The van der Waals surface area contributed by atoms with E-state index >= 15 is 0 Å². The predicted octanol–water partition coefficient (Wildman–Crippen LogP) is 3.94. The first-order chi connectivity index (χ1) is 11.7. The Morgan fingerprint density at radius 2 is 2.17 bits per heavy atom. The second-order valence-electron chi connectivity index (χ2n) is 5.80. The number of nitrogens with one attached hydrogen (secondary N) is 2. The molecule has 0 bridgehead atoms. The van der Waals surface area contributed by atoms with Crippen LogP contribution in [0.25, 0.3) is 0 Å². The average Bonchev–Trinajstić information content (AvgIpc) is 3.10. The molecule has 2 N–H and O–H groups in total. The van der Waals surface area contributed by atoms with E-state index < -0.39 is 0 Å². The number of anilines is 1. The lowest BCUT2D eigenvalue weighted by Crippen LogP contribution is -2.28. The van der Waals surface area contributed by atoms with Crippen LogP contribution in [0.1, 0.15) is 23.3 Å². The maximum Gasteiger partial charge on any atom is 0.319 e. The minimum Gasteiger partial charge on any atom is -0.490 e. The highest BCUT2D eigenvalue weighted by atomic mass is 32.1. The molecule has 1 aromatic carbocycles. The summed E-state index contributed by atoms with van der Waals surface area (Å²) in [5.74, 6) is 0.867. The second-order valence-corrected chi connectivity index (χ2v) is 6.83. The maximum atomic E-state index is 12.0. The molecule has 1 aliphatic heterocycles. The molecular weight excluding hydrogens is 324 g/mol. The van der Waals surface area contributed by atoms with Gasteiger partial charge in [0, 0.05) is 23.4 Å². The van der Waals surface area contributed by atoms with Gasteiger partial charge in [0.25, 0.3) is 0 Å². The van der Waals surface area contributed by atoms with Crippen molar-refractivity contribution in [3.05, 3.63) is 46.2 Å². The van der Waals surface area contributed by atoms with Gasteiger partial charge in [0.05, 0.1) is 19.8 Å². The van der Waals surface area contributed by atoms with Crippen LogP contribution in [0.3, 0.4) is 0 Å². The minimum absolute atomic E-state index is 0.208. The van der Waals surface area contributed by atoms with Gasteiger partial charge in [0.2, 0.25) is 0 Å². The van der Waals surface area contributed by atoms with Crippen LogP contribution in [-0.4, -0.2) is 25.3 Å². The number of aryl methyl sites for hydroxylation is 1. The quantitative estimate of drug-likeness (QED) is 0.862.